The summed E-state index contributed by atoms with van der Waals surface area (Å²) in [6.07, 6.45) is 4.24. The van der Waals surface area contributed by atoms with Crippen molar-refractivity contribution in [2.75, 3.05) is 19.0 Å². The van der Waals surface area contributed by atoms with Gasteiger partial charge in [0.15, 0.2) is 0 Å². The summed E-state index contributed by atoms with van der Waals surface area (Å²) in [6, 6.07) is 18.5. The first kappa shape index (κ1) is 13.4. The SMILES string of the molecule is COCc1ccccc1NC/C=C/c1ccccc1. The zero-order chi connectivity index (χ0) is 13.3. The fourth-order valence-electron chi connectivity index (χ4n) is 1.90. The molecular weight excluding hydrogens is 234 g/mol. The molecule has 2 aromatic rings. The Bertz CT molecular complexity index is 520. The molecular formula is C17H19NO. The van der Waals surface area contributed by atoms with Crippen molar-refractivity contribution in [3.05, 3.63) is 71.8 Å². The smallest absolute Gasteiger partial charge is 0.0733 e. The highest BCUT2D eigenvalue weighted by molar-refractivity contribution is 5.53. The van der Waals surface area contributed by atoms with Crippen molar-refractivity contribution in [3.8, 4) is 0 Å². The molecule has 0 radical (unpaired) electrons. The van der Waals surface area contributed by atoms with Crippen molar-refractivity contribution in [3.63, 3.8) is 0 Å². The Labute approximate surface area is 114 Å². The van der Waals surface area contributed by atoms with Crippen LogP contribution in [0.1, 0.15) is 11.1 Å². The summed E-state index contributed by atoms with van der Waals surface area (Å²) >= 11 is 0. The van der Waals surface area contributed by atoms with Crippen LogP contribution in [0.25, 0.3) is 6.08 Å². The third kappa shape index (κ3) is 4.27. The van der Waals surface area contributed by atoms with E-state index < -0.39 is 0 Å². The van der Waals surface area contributed by atoms with E-state index in [0.717, 1.165) is 12.2 Å². The van der Waals surface area contributed by atoms with Gasteiger partial charge in [0.25, 0.3) is 0 Å². The number of hydrogen-bond donors (Lipinski definition) is 1. The summed E-state index contributed by atoms with van der Waals surface area (Å²) in [7, 11) is 1.71. The molecule has 0 aromatic heterocycles. The van der Waals surface area contributed by atoms with Crippen LogP contribution in [-0.2, 0) is 11.3 Å². The van der Waals surface area contributed by atoms with Gasteiger partial charge in [0, 0.05) is 24.9 Å². The number of benzene rings is 2. The number of rotatable bonds is 6. The monoisotopic (exact) mass is 253 g/mol. The number of para-hydroxylation sites is 1. The van der Waals surface area contributed by atoms with Crippen molar-refractivity contribution in [1.82, 2.24) is 0 Å². The van der Waals surface area contributed by atoms with Gasteiger partial charge in [-0.05, 0) is 11.6 Å². The lowest BCUT2D eigenvalue weighted by atomic mass is 10.2. The van der Waals surface area contributed by atoms with Gasteiger partial charge in [-0.15, -0.1) is 0 Å². The molecule has 0 aliphatic rings. The number of methoxy groups -OCH3 is 1. The molecule has 2 heteroatoms. The second-order valence-electron chi connectivity index (χ2n) is 4.28. The molecule has 0 heterocycles. The zero-order valence-electron chi connectivity index (χ0n) is 11.2. The lowest BCUT2D eigenvalue weighted by Crippen LogP contribution is -2.02. The lowest BCUT2D eigenvalue weighted by molar-refractivity contribution is 0.185. The molecule has 0 aliphatic heterocycles. The maximum absolute atomic E-state index is 5.19. The maximum Gasteiger partial charge on any atom is 0.0733 e. The molecule has 0 unspecified atom stereocenters. The van der Waals surface area contributed by atoms with Crippen LogP contribution in [0.5, 0.6) is 0 Å². The molecule has 0 saturated carbocycles. The second-order valence-corrected chi connectivity index (χ2v) is 4.28. The predicted octanol–water partition coefficient (Wildman–Crippen LogP) is 3.96. The molecule has 2 nitrogen and oxygen atoms in total. The van der Waals surface area contributed by atoms with E-state index in [2.05, 4.69) is 41.7 Å². The Hall–Kier alpha value is -2.06. The topological polar surface area (TPSA) is 21.3 Å². The summed E-state index contributed by atoms with van der Waals surface area (Å²) in [5, 5.41) is 3.40. The third-order valence-corrected chi connectivity index (χ3v) is 2.84. The van der Waals surface area contributed by atoms with Crippen molar-refractivity contribution in [2.24, 2.45) is 0 Å². The van der Waals surface area contributed by atoms with Gasteiger partial charge in [-0.3, -0.25) is 0 Å². The van der Waals surface area contributed by atoms with Crippen LogP contribution in [0.2, 0.25) is 0 Å². The fraction of sp³-hybridized carbons (Fsp3) is 0.176. The lowest BCUT2D eigenvalue weighted by Gasteiger charge is -2.09. The minimum absolute atomic E-state index is 0.631. The molecule has 98 valence electrons. The molecule has 1 N–H and O–H groups in total. The van der Waals surface area contributed by atoms with Gasteiger partial charge < -0.3 is 10.1 Å². The van der Waals surface area contributed by atoms with Crippen molar-refractivity contribution >= 4 is 11.8 Å². The molecule has 0 spiro atoms. The average Bonchev–Trinajstić information content (AvgIpc) is 2.47. The average molecular weight is 253 g/mol. The molecule has 2 aromatic carbocycles. The minimum Gasteiger partial charge on any atom is -0.381 e. The highest BCUT2D eigenvalue weighted by atomic mass is 16.5. The van der Waals surface area contributed by atoms with E-state index in [-0.39, 0.29) is 0 Å². The van der Waals surface area contributed by atoms with Crippen LogP contribution in [0, 0.1) is 0 Å². The Morgan fingerprint density at radius 2 is 1.74 bits per heavy atom. The van der Waals surface area contributed by atoms with Gasteiger partial charge in [-0.25, -0.2) is 0 Å². The predicted molar refractivity (Wildman–Crippen MR) is 81.1 cm³/mol. The Morgan fingerprint density at radius 1 is 1.00 bits per heavy atom. The van der Waals surface area contributed by atoms with Gasteiger partial charge in [0.05, 0.1) is 6.61 Å². The molecule has 0 bridgehead atoms. The number of hydrogen-bond acceptors (Lipinski definition) is 2. The van der Waals surface area contributed by atoms with E-state index in [1.54, 1.807) is 7.11 Å². The van der Waals surface area contributed by atoms with Gasteiger partial charge in [0.2, 0.25) is 0 Å². The van der Waals surface area contributed by atoms with E-state index in [0.29, 0.717) is 6.61 Å². The molecule has 0 saturated heterocycles. The molecule has 19 heavy (non-hydrogen) atoms. The van der Waals surface area contributed by atoms with Gasteiger partial charge in [0.1, 0.15) is 0 Å². The first-order valence-corrected chi connectivity index (χ1v) is 6.42. The molecule has 0 fully saturated rings. The Kier molecular flexibility index (Phi) is 5.20. The largest absolute Gasteiger partial charge is 0.381 e. The summed E-state index contributed by atoms with van der Waals surface area (Å²) < 4.78 is 5.19. The van der Waals surface area contributed by atoms with Crippen LogP contribution in [-0.4, -0.2) is 13.7 Å². The van der Waals surface area contributed by atoms with Crippen LogP contribution in [0.3, 0.4) is 0 Å². The second kappa shape index (κ2) is 7.39. The van der Waals surface area contributed by atoms with Crippen molar-refractivity contribution in [1.29, 1.82) is 0 Å². The van der Waals surface area contributed by atoms with E-state index in [1.165, 1.54) is 11.1 Å². The van der Waals surface area contributed by atoms with Crippen molar-refractivity contribution < 1.29 is 4.74 Å². The summed E-state index contributed by atoms with van der Waals surface area (Å²) in [6.45, 7) is 1.43. The quantitative estimate of drug-likeness (QED) is 0.841. The van der Waals surface area contributed by atoms with Gasteiger partial charge in [-0.2, -0.15) is 0 Å². The summed E-state index contributed by atoms with van der Waals surface area (Å²) in [5.41, 5.74) is 3.52. The van der Waals surface area contributed by atoms with E-state index in [4.69, 9.17) is 4.74 Å². The molecule has 0 amide bonds. The Balaban J connectivity index is 1.91. The number of nitrogens with one attached hydrogen (secondary N) is 1. The molecule has 0 aliphatic carbocycles. The zero-order valence-corrected chi connectivity index (χ0v) is 11.2. The maximum atomic E-state index is 5.19. The number of ether oxygens (including phenoxy) is 1. The van der Waals surface area contributed by atoms with Crippen LogP contribution >= 0.6 is 0 Å². The number of anilines is 1. The molecule has 2 rings (SSSR count). The van der Waals surface area contributed by atoms with Gasteiger partial charge >= 0.3 is 0 Å². The molecule has 0 atom stereocenters. The normalized spacial score (nSPS) is 10.8. The highest BCUT2D eigenvalue weighted by Gasteiger charge is 1.98. The van der Waals surface area contributed by atoms with Crippen LogP contribution in [0.15, 0.2) is 60.7 Å². The fourth-order valence-corrected chi connectivity index (χ4v) is 1.90. The Morgan fingerprint density at radius 3 is 2.53 bits per heavy atom. The summed E-state index contributed by atoms with van der Waals surface area (Å²) in [5.74, 6) is 0. The standard InChI is InChI=1S/C17H19NO/c1-19-14-16-11-5-6-12-17(16)18-13-7-10-15-8-3-2-4-9-15/h2-12,18H,13-14H2,1H3/b10-7+. The third-order valence-electron chi connectivity index (χ3n) is 2.84. The minimum atomic E-state index is 0.631. The first-order chi connectivity index (χ1) is 9.40. The van der Waals surface area contributed by atoms with Crippen LogP contribution < -0.4 is 5.32 Å². The van der Waals surface area contributed by atoms with E-state index in [1.807, 2.05) is 30.3 Å². The highest BCUT2D eigenvalue weighted by Crippen LogP contribution is 2.15. The first-order valence-electron chi connectivity index (χ1n) is 6.42. The van der Waals surface area contributed by atoms with E-state index >= 15 is 0 Å². The van der Waals surface area contributed by atoms with E-state index in [9.17, 15) is 0 Å². The van der Waals surface area contributed by atoms with Gasteiger partial charge in [-0.1, -0.05) is 60.7 Å². The van der Waals surface area contributed by atoms with Crippen molar-refractivity contribution in [2.45, 2.75) is 6.61 Å². The van der Waals surface area contributed by atoms with Crippen LogP contribution in [0.4, 0.5) is 5.69 Å². The summed E-state index contributed by atoms with van der Waals surface area (Å²) in [4.78, 5) is 0.